The third-order valence-electron chi connectivity index (χ3n) is 3.52. The third-order valence-corrected chi connectivity index (χ3v) is 4.02. The van der Waals surface area contributed by atoms with Crippen LogP contribution in [-0.2, 0) is 4.79 Å². The van der Waals surface area contributed by atoms with Crippen molar-refractivity contribution in [2.24, 2.45) is 0 Å². The quantitative estimate of drug-likeness (QED) is 0.840. The Kier molecular flexibility index (Phi) is 6.23. The number of carbonyl (C=O) groups excluding carboxylic acids is 1. The van der Waals surface area contributed by atoms with E-state index in [2.05, 4.69) is 27.4 Å². The molecule has 1 atom stereocenters. The van der Waals surface area contributed by atoms with E-state index in [1.165, 1.54) is 19.0 Å². The molecule has 0 spiro atoms. The number of nitrogens with one attached hydrogen (secondary N) is 2. The van der Waals surface area contributed by atoms with Crippen molar-refractivity contribution in [3.63, 3.8) is 0 Å². The van der Waals surface area contributed by atoms with Crippen molar-refractivity contribution in [1.82, 2.24) is 15.2 Å². The molecule has 1 fully saturated rings. The van der Waals surface area contributed by atoms with Crippen molar-refractivity contribution in [3.05, 3.63) is 22.3 Å². The second-order valence-electron chi connectivity index (χ2n) is 5.15. The number of likely N-dealkylation sites (N-methyl/N-ethyl adjacent to an activating group) is 1. The number of hydrogen-bond acceptors (Lipinski definition) is 4. The number of pyridine rings is 1. The smallest absolute Gasteiger partial charge is 0.239 e. The van der Waals surface area contributed by atoms with Crippen LogP contribution in [0.1, 0.15) is 19.8 Å². The van der Waals surface area contributed by atoms with Crippen molar-refractivity contribution in [1.29, 1.82) is 0 Å². The van der Waals surface area contributed by atoms with Crippen LogP contribution in [-0.4, -0.2) is 48.0 Å². The molecule has 1 aliphatic heterocycles. The van der Waals surface area contributed by atoms with Crippen LogP contribution in [0.2, 0.25) is 10.0 Å². The van der Waals surface area contributed by atoms with Gasteiger partial charge in [0, 0.05) is 18.8 Å². The maximum absolute atomic E-state index is 12.1. The van der Waals surface area contributed by atoms with Crippen molar-refractivity contribution in [2.45, 2.75) is 25.8 Å². The first-order valence-electron chi connectivity index (χ1n) is 7.15. The molecule has 1 aromatic heterocycles. The fourth-order valence-electron chi connectivity index (χ4n) is 2.41. The average molecular weight is 331 g/mol. The van der Waals surface area contributed by atoms with E-state index in [0.717, 1.165) is 19.6 Å². The van der Waals surface area contributed by atoms with E-state index in [1.807, 2.05) is 0 Å². The van der Waals surface area contributed by atoms with E-state index >= 15 is 0 Å². The van der Waals surface area contributed by atoms with Gasteiger partial charge in [-0.1, -0.05) is 30.1 Å². The van der Waals surface area contributed by atoms with Crippen LogP contribution >= 0.6 is 23.2 Å². The molecule has 0 radical (unpaired) electrons. The normalized spacial score (nSPS) is 18.2. The number of rotatable bonds is 6. The fourth-order valence-corrected chi connectivity index (χ4v) is 2.84. The number of hydrogen-bond donors (Lipinski definition) is 2. The second kappa shape index (κ2) is 7.94. The molecule has 1 aromatic rings. The zero-order valence-electron chi connectivity index (χ0n) is 12.0. The maximum Gasteiger partial charge on any atom is 0.239 e. The predicted molar refractivity (Wildman–Crippen MR) is 86.0 cm³/mol. The highest BCUT2D eigenvalue weighted by Gasteiger charge is 2.19. The van der Waals surface area contributed by atoms with Gasteiger partial charge >= 0.3 is 0 Å². The third kappa shape index (κ3) is 5.11. The molecular weight excluding hydrogens is 311 g/mol. The van der Waals surface area contributed by atoms with Gasteiger partial charge in [0.25, 0.3) is 0 Å². The Morgan fingerprint density at radius 1 is 1.57 bits per heavy atom. The first-order chi connectivity index (χ1) is 10.1. The summed E-state index contributed by atoms with van der Waals surface area (Å²) in [7, 11) is 0. The van der Waals surface area contributed by atoms with Crippen LogP contribution in [0.25, 0.3) is 0 Å². The lowest BCUT2D eigenvalue weighted by atomic mass is 10.2. The molecule has 0 aromatic carbocycles. The minimum Gasteiger partial charge on any atom is -0.313 e. The lowest BCUT2D eigenvalue weighted by molar-refractivity contribution is -0.117. The first-order valence-corrected chi connectivity index (χ1v) is 7.90. The minimum atomic E-state index is -0.119. The second-order valence-corrected chi connectivity index (χ2v) is 6.00. The van der Waals surface area contributed by atoms with Crippen LogP contribution in [0.15, 0.2) is 12.3 Å². The highest BCUT2D eigenvalue weighted by molar-refractivity contribution is 6.36. The summed E-state index contributed by atoms with van der Waals surface area (Å²) in [5.41, 5.74) is 0. The van der Waals surface area contributed by atoms with Crippen molar-refractivity contribution in [3.8, 4) is 0 Å². The van der Waals surface area contributed by atoms with Gasteiger partial charge in [-0.15, -0.1) is 0 Å². The molecule has 1 unspecified atom stereocenters. The molecule has 7 heteroatoms. The molecule has 1 aliphatic rings. The van der Waals surface area contributed by atoms with E-state index in [1.54, 1.807) is 6.07 Å². The Hall–Kier alpha value is -0.880. The SMILES string of the molecule is CCN(CC(=O)Nc1ncc(Cl)cc1Cl)CC1CCCN1. The Labute approximate surface area is 135 Å². The largest absolute Gasteiger partial charge is 0.313 e. The number of anilines is 1. The molecule has 0 bridgehead atoms. The van der Waals surface area contributed by atoms with Crippen molar-refractivity contribution in [2.75, 3.05) is 31.5 Å². The number of nitrogens with zero attached hydrogens (tertiary/aromatic N) is 2. The summed E-state index contributed by atoms with van der Waals surface area (Å²) in [6.45, 7) is 5.16. The molecule has 1 amide bonds. The number of carbonyl (C=O) groups is 1. The van der Waals surface area contributed by atoms with E-state index in [9.17, 15) is 4.79 Å². The van der Waals surface area contributed by atoms with E-state index < -0.39 is 0 Å². The van der Waals surface area contributed by atoms with Gasteiger partial charge in [-0.05, 0) is 32.0 Å². The topological polar surface area (TPSA) is 57.3 Å². The fraction of sp³-hybridized carbons (Fsp3) is 0.571. The molecule has 21 heavy (non-hydrogen) atoms. The zero-order valence-corrected chi connectivity index (χ0v) is 13.5. The first kappa shape index (κ1) is 16.5. The van der Waals surface area contributed by atoms with Crippen molar-refractivity contribution < 1.29 is 4.79 Å². The van der Waals surface area contributed by atoms with Gasteiger partial charge in [0.1, 0.15) is 0 Å². The molecule has 0 saturated carbocycles. The number of amides is 1. The Balaban J connectivity index is 1.86. The monoisotopic (exact) mass is 330 g/mol. The maximum atomic E-state index is 12.1. The summed E-state index contributed by atoms with van der Waals surface area (Å²) in [4.78, 5) is 18.2. The Morgan fingerprint density at radius 2 is 2.38 bits per heavy atom. The average Bonchev–Trinajstić information content (AvgIpc) is 2.94. The van der Waals surface area contributed by atoms with Crippen LogP contribution in [0, 0.1) is 0 Å². The summed E-state index contributed by atoms with van der Waals surface area (Å²) in [5.74, 6) is 0.229. The molecular formula is C14H20Cl2N4O. The van der Waals surface area contributed by atoms with Gasteiger partial charge in [-0.2, -0.15) is 0 Å². The molecule has 2 rings (SSSR count). The van der Waals surface area contributed by atoms with E-state index in [4.69, 9.17) is 23.2 Å². The summed E-state index contributed by atoms with van der Waals surface area (Å²) in [6.07, 6.45) is 3.84. The highest BCUT2D eigenvalue weighted by atomic mass is 35.5. The van der Waals surface area contributed by atoms with Gasteiger partial charge in [0.15, 0.2) is 5.82 Å². The molecule has 2 N–H and O–H groups in total. The van der Waals surface area contributed by atoms with Gasteiger partial charge in [-0.25, -0.2) is 4.98 Å². The summed E-state index contributed by atoms with van der Waals surface area (Å²) >= 11 is 11.8. The number of halogens is 2. The molecule has 116 valence electrons. The summed E-state index contributed by atoms with van der Waals surface area (Å²) < 4.78 is 0. The lowest BCUT2D eigenvalue weighted by Crippen LogP contribution is -2.41. The van der Waals surface area contributed by atoms with Crippen molar-refractivity contribution >= 4 is 34.9 Å². The standard InChI is InChI=1S/C14H20Cl2N4O/c1-2-20(8-11-4-3-5-17-11)9-13(21)19-14-12(16)6-10(15)7-18-14/h6-7,11,17H,2-5,8-9H2,1H3,(H,18,19,21). The van der Waals surface area contributed by atoms with Crippen LogP contribution in [0.3, 0.4) is 0 Å². The van der Waals surface area contributed by atoms with E-state index in [0.29, 0.717) is 28.4 Å². The van der Waals surface area contributed by atoms with Gasteiger partial charge in [-0.3, -0.25) is 9.69 Å². The predicted octanol–water partition coefficient (Wildman–Crippen LogP) is 2.40. The zero-order chi connectivity index (χ0) is 15.2. The Bertz CT molecular complexity index is 492. The minimum absolute atomic E-state index is 0.119. The summed E-state index contributed by atoms with van der Waals surface area (Å²) in [5, 5.41) is 6.95. The molecule has 2 heterocycles. The van der Waals surface area contributed by atoms with Crippen LogP contribution in [0.5, 0.6) is 0 Å². The van der Waals surface area contributed by atoms with Gasteiger partial charge in [0.2, 0.25) is 5.91 Å². The summed E-state index contributed by atoms with van der Waals surface area (Å²) in [6, 6.07) is 2.04. The number of aromatic nitrogens is 1. The Morgan fingerprint density at radius 3 is 3.00 bits per heavy atom. The molecule has 0 aliphatic carbocycles. The highest BCUT2D eigenvalue weighted by Crippen LogP contribution is 2.22. The van der Waals surface area contributed by atoms with Crippen LogP contribution < -0.4 is 10.6 Å². The van der Waals surface area contributed by atoms with Gasteiger partial charge < -0.3 is 10.6 Å². The van der Waals surface area contributed by atoms with E-state index in [-0.39, 0.29) is 5.91 Å². The van der Waals surface area contributed by atoms with Gasteiger partial charge in [0.05, 0.1) is 16.6 Å². The molecule has 5 nitrogen and oxygen atoms in total. The lowest BCUT2D eigenvalue weighted by Gasteiger charge is -2.23. The molecule has 1 saturated heterocycles. The van der Waals surface area contributed by atoms with Crippen LogP contribution in [0.4, 0.5) is 5.82 Å².